The van der Waals surface area contributed by atoms with E-state index in [1.54, 1.807) is 54.3 Å². The van der Waals surface area contributed by atoms with E-state index in [9.17, 15) is 13.6 Å². The van der Waals surface area contributed by atoms with Gasteiger partial charge in [0.2, 0.25) is 0 Å². The van der Waals surface area contributed by atoms with Gasteiger partial charge in [-0.05, 0) is 17.7 Å². The summed E-state index contributed by atoms with van der Waals surface area (Å²) in [5.74, 6) is 0. The van der Waals surface area contributed by atoms with Gasteiger partial charge in [0.1, 0.15) is 0 Å². The Kier molecular flexibility index (Phi) is 4.48. The zero-order valence-corrected chi connectivity index (χ0v) is 15.0. The number of H-pyrrole nitrogens is 1. The zero-order chi connectivity index (χ0) is 19.8. The number of aromatic nitrogens is 4. The first-order chi connectivity index (χ1) is 13.5. The summed E-state index contributed by atoms with van der Waals surface area (Å²) >= 11 is 0. The van der Waals surface area contributed by atoms with Crippen LogP contribution in [-0.2, 0) is 13.6 Å². The molecule has 3 N–H and O–H groups in total. The number of nitrogens with one attached hydrogen (secondary N) is 1. The van der Waals surface area contributed by atoms with Gasteiger partial charge >= 0.3 is 0 Å². The second-order valence-electron chi connectivity index (χ2n) is 6.38. The van der Waals surface area contributed by atoms with Crippen LogP contribution in [0.5, 0.6) is 0 Å². The van der Waals surface area contributed by atoms with Crippen LogP contribution >= 0.6 is 0 Å². The SMILES string of the molecule is Cn1ncc(-c2ccc3c(=O)[nH]nc(CN)c3c2)c1-c1ccccc1C(F)F. The molecule has 0 saturated carbocycles. The Labute approximate surface area is 158 Å². The van der Waals surface area contributed by atoms with Crippen LogP contribution in [-0.4, -0.2) is 20.0 Å². The number of hydrogen-bond acceptors (Lipinski definition) is 4. The van der Waals surface area contributed by atoms with Crippen molar-refractivity contribution in [1.29, 1.82) is 0 Å². The van der Waals surface area contributed by atoms with Gasteiger partial charge in [0.05, 0.1) is 23.0 Å². The summed E-state index contributed by atoms with van der Waals surface area (Å²) in [4.78, 5) is 12.0. The first-order valence-electron chi connectivity index (χ1n) is 8.62. The normalized spacial score (nSPS) is 11.5. The third-order valence-electron chi connectivity index (χ3n) is 4.76. The molecule has 0 spiro atoms. The fraction of sp³-hybridized carbons (Fsp3) is 0.150. The Morgan fingerprint density at radius 2 is 1.93 bits per heavy atom. The average molecular weight is 381 g/mol. The maximum Gasteiger partial charge on any atom is 0.272 e. The number of hydrogen-bond donors (Lipinski definition) is 2. The number of aryl methyl sites for hydroxylation is 1. The fourth-order valence-corrected chi connectivity index (χ4v) is 3.41. The number of nitrogens with zero attached hydrogens (tertiary/aromatic N) is 3. The highest BCUT2D eigenvalue weighted by Crippen LogP contribution is 2.37. The van der Waals surface area contributed by atoms with Gasteiger partial charge in [0, 0.05) is 35.7 Å². The highest BCUT2D eigenvalue weighted by atomic mass is 19.3. The Bertz CT molecular complexity index is 1230. The van der Waals surface area contributed by atoms with Crippen molar-refractivity contribution in [3.05, 3.63) is 70.3 Å². The molecule has 0 aliphatic rings. The first-order valence-corrected chi connectivity index (χ1v) is 8.62. The van der Waals surface area contributed by atoms with E-state index in [4.69, 9.17) is 5.73 Å². The molecule has 0 saturated heterocycles. The third kappa shape index (κ3) is 2.87. The molecule has 0 bridgehead atoms. The van der Waals surface area contributed by atoms with E-state index in [1.165, 1.54) is 6.07 Å². The summed E-state index contributed by atoms with van der Waals surface area (Å²) in [6, 6.07) is 11.6. The smallest absolute Gasteiger partial charge is 0.272 e. The van der Waals surface area contributed by atoms with Crippen LogP contribution in [0.4, 0.5) is 8.78 Å². The third-order valence-corrected chi connectivity index (χ3v) is 4.76. The Hall–Kier alpha value is -3.39. The van der Waals surface area contributed by atoms with Crippen LogP contribution in [0.25, 0.3) is 33.2 Å². The van der Waals surface area contributed by atoms with Crippen LogP contribution < -0.4 is 11.3 Å². The van der Waals surface area contributed by atoms with Gasteiger partial charge in [-0.2, -0.15) is 10.2 Å². The van der Waals surface area contributed by atoms with Crippen LogP contribution in [0.15, 0.2) is 53.5 Å². The van der Waals surface area contributed by atoms with Gasteiger partial charge in [0.25, 0.3) is 12.0 Å². The molecule has 6 nitrogen and oxygen atoms in total. The van der Waals surface area contributed by atoms with Gasteiger partial charge in [-0.15, -0.1) is 0 Å². The highest BCUT2D eigenvalue weighted by Gasteiger charge is 2.20. The molecular formula is C20H17F2N5O. The number of aromatic amines is 1. The van der Waals surface area contributed by atoms with Crippen LogP contribution in [0, 0.1) is 0 Å². The van der Waals surface area contributed by atoms with Crippen LogP contribution in [0.3, 0.4) is 0 Å². The van der Waals surface area contributed by atoms with Gasteiger partial charge in [-0.3, -0.25) is 9.48 Å². The number of benzene rings is 2. The van der Waals surface area contributed by atoms with E-state index in [0.717, 1.165) is 5.56 Å². The molecule has 2 aromatic carbocycles. The van der Waals surface area contributed by atoms with Crippen molar-refractivity contribution in [2.24, 2.45) is 12.8 Å². The molecule has 0 fully saturated rings. The molecule has 28 heavy (non-hydrogen) atoms. The average Bonchev–Trinajstić information content (AvgIpc) is 3.09. The molecule has 0 aliphatic heterocycles. The summed E-state index contributed by atoms with van der Waals surface area (Å²) in [5.41, 5.74) is 8.33. The Balaban J connectivity index is 1.97. The lowest BCUT2D eigenvalue weighted by Gasteiger charge is -2.12. The van der Waals surface area contributed by atoms with E-state index >= 15 is 0 Å². The van der Waals surface area contributed by atoms with Crippen molar-refractivity contribution in [1.82, 2.24) is 20.0 Å². The molecular weight excluding hydrogens is 364 g/mol. The van der Waals surface area contributed by atoms with Crippen molar-refractivity contribution >= 4 is 10.8 Å². The van der Waals surface area contributed by atoms with Crippen molar-refractivity contribution in [3.8, 4) is 22.4 Å². The molecule has 0 radical (unpaired) electrons. The first kappa shape index (κ1) is 18.0. The van der Waals surface area contributed by atoms with E-state index in [0.29, 0.717) is 33.3 Å². The minimum absolute atomic E-state index is 0.0612. The highest BCUT2D eigenvalue weighted by molar-refractivity contribution is 5.91. The Morgan fingerprint density at radius 1 is 1.14 bits per heavy atom. The zero-order valence-electron chi connectivity index (χ0n) is 15.0. The summed E-state index contributed by atoms with van der Waals surface area (Å²) < 4.78 is 28.7. The monoisotopic (exact) mass is 381 g/mol. The number of rotatable bonds is 4. The quantitative estimate of drug-likeness (QED) is 0.567. The minimum Gasteiger partial charge on any atom is -0.325 e. The van der Waals surface area contributed by atoms with E-state index in [2.05, 4.69) is 15.3 Å². The number of fused-ring (bicyclic) bond motifs is 1. The van der Waals surface area contributed by atoms with Crippen molar-refractivity contribution in [3.63, 3.8) is 0 Å². The molecule has 2 heterocycles. The number of halogens is 2. The van der Waals surface area contributed by atoms with Crippen LogP contribution in [0.1, 0.15) is 17.7 Å². The maximum atomic E-state index is 13.5. The molecule has 142 valence electrons. The van der Waals surface area contributed by atoms with Crippen molar-refractivity contribution < 1.29 is 8.78 Å². The van der Waals surface area contributed by atoms with Gasteiger partial charge in [-0.25, -0.2) is 13.9 Å². The van der Waals surface area contributed by atoms with Crippen LogP contribution in [0.2, 0.25) is 0 Å². The number of nitrogens with two attached hydrogens (primary N) is 1. The van der Waals surface area contributed by atoms with Crippen molar-refractivity contribution in [2.45, 2.75) is 13.0 Å². The van der Waals surface area contributed by atoms with Gasteiger partial charge < -0.3 is 5.73 Å². The van der Waals surface area contributed by atoms with E-state index in [1.807, 2.05) is 0 Å². The molecule has 0 unspecified atom stereocenters. The lowest BCUT2D eigenvalue weighted by atomic mass is 9.96. The summed E-state index contributed by atoms with van der Waals surface area (Å²) in [6.07, 6.45) is -0.983. The lowest BCUT2D eigenvalue weighted by Crippen LogP contribution is -2.13. The topological polar surface area (TPSA) is 89.6 Å². The largest absolute Gasteiger partial charge is 0.325 e. The number of alkyl halides is 2. The molecule has 4 rings (SSSR count). The predicted octanol–water partition coefficient (Wildman–Crippen LogP) is 3.39. The second-order valence-corrected chi connectivity index (χ2v) is 6.38. The molecule has 0 aliphatic carbocycles. The summed E-state index contributed by atoms with van der Waals surface area (Å²) in [5, 5.41) is 11.8. The van der Waals surface area contributed by atoms with Crippen molar-refractivity contribution in [2.75, 3.05) is 0 Å². The molecule has 2 aromatic heterocycles. The minimum atomic E-state index is -2.61. The van der Waals surface area contributed by atoms with Gasteiger partial charge in [-0.1, -0.05) is 30.3 Å². The van der Waals surface area contributed by atoms with E-state index < -0.39 is 6.43 Å². The lowest BCUT2D eigenvalue weighted by molar-refractivity contribution is 0.152. The molecule has 0 amide bonds. The predicted molar refractivity (Wildman–Crippen MR) is 103 cm³/mol. The van der Waals surface area contributed by atoms with Gasteiger partial charge in [0.15, 0.2) is 0 Å². The maximum absolute atomic E-state index is 13.5. The summed E-state index contributed by atoms with van der Waals surface area (Å²) in [7, 11) is 1.71. The van der Waals surface area contributed by atoms with E-state index in [-0.39, 0.29) is 17.7 Å². The summed E-state index contributed by atoms with van der Waals surface area (Å²) in [6.45, 7) is 0.158. The Morgan fingerprint density at radius 3 is 2.68 bits per heavy atom. The standard InChI is InChI=1S/C20H17F2N5O/c1-27-18(12-4-2-3-5-13(12)19(21)22)16(10-24-27)11-6-7-14-15(8-11)17(9-23)25-26-20(14)28/h2-8,10,19H,9,23H2,1H3,(H,26,28). The fourth-order valence-electron chi connectivity index (χ4n) is 3.41. The molecule has 8 heteroatoms. The molecule has 4 aromatic rings. The second kappa shape index (κ2) is 6.97. The molecule has 0 atom stereocenters.